The molecule has 5 heteroatoms. The molecule has 0 amide bonds. The van der Waals surface area contributed by atoms with Gasteiger partial charge in [-0.2, -0.15) is 0 Å². The number of hydrogen-bond donors (Lipinski definition) is 1. The average molecular weight is 345 g/mol. The van der Waals surface area contributed by atoms with Crippen molar-refractivity contribution in [2.75, 3.05) is 26.9 Å². The molecule has 0 bridgehead atoms. The van der Waals surface area contributed by atoms with Crippen molar-refractivity contribution in [3.63, 3.8) is 0 Å². The van der Waals surface area contributed by atoms with Crippen LogP contribution in [0.5, 0.6) is 17.2 Å². The van der Waals surface area contributed by atoms with Crippen molar-refractivity contribution in [3.8, 4) is 17.2 Å². The Morgan fingerprint density at radius 3 is 2.44 bits per heavy atom. The van der Waals surface area contributed by atoms with E-state index >= 15 is 0 Å². The Hall–Kier alpha value is -2.27. The zero-order valence-electron chi connectivity index (χ0n) is 14.9. The van der Waals surface area contributed by atoms with Crippen molar-refractivity contribution in [3.05, 3.63) is 52.8 Å². The first kappa shape index (κ1) is 17.5. The van der Waals surface area contributed by atoms with Crippen LogP contribution < -0.4 is 19.5 Å². The molecule has 0 saturated heterocycles. The number of fused-ring (bicyclic) bond motifs is 1. The van der Waals surface area contributed by atoms with Crippen molar-refractivity contribution in [1.82, 2.24) is 5.32 Å². The van der Waals surface area contributed by atoms with Gasteiger partial charge in [0.25, 0.3) is 0 Å². The molecule has 1 N–H and O–H groups in total. The molecule has 3 rings (SSSR count). The fraction of sp³-hybridized carbons (Fsp3) is 0.400. The molecule has 0 unspecified atom stereocenters. The van der Waals surface area contributed by atoms with Gasteiger partial charge in [0.15, 0.2) is 11.5 Å². The first-order valence-corrected chi connectivity index (χ1v) is 8.67. The van der Waals surface area contributed by atoms with Crippen LogP contribution in [-0.2, 0) is 6.42 Å². The first-order chi connectivity index (χ1) is 12.2. The maximum absolute atomic E-state index is 14.5. The number of halogens is 1. The van der Waals surface area contributed by atoms with Crippen molar-refractivity contribution in [2.24, 2.45) is 0 Å². The quantitative estimate of drug-likeness (QED) is 0.863. The summed E-state index contributed by atoms with van der Waals surface area (Å²) in [6, 6.07) is 8.58. The molecule has 0 fully saturated rings. The van der Waals surface area contributed by atoms with Crippen molar-refractivity contribution in [2.45, 2.75) is 26.3 Å². The van der Waals surface area contributed by atoms with Gasteiger partial charge in [-0.15, -0.1) is 0 Å². The Bertz CT molecular complexity index is 748. The van der Waals surface area contributed by atoms with E-state index in [1.165, 1.54) is 6.07 Å². The fourth-order valence-corrected chi connectivity index (χ4v) is 3.25. The summed E-state index contributed by atoms with van der Waals surface area (Å²) in [6.07, 6.45) is 0.865. The summed E-state index contributed by atoms with van der Waals surface area (Å²) in [7, 11) is 1.58. The van der Waals surface area contributed by atoms with Gasteiger partial charge in [-0.25, -0.2) is 4.39 Å². The van der Waals surface area contributed by atoms with Gasteiger partial charge in [0.2, 0.25) is 0 Å². The third-order valence-electron chi connectivity index (χ3n) is 4.37. The topological polar surface area (TPSA) is 39.7 Å². The van der Waals surface area contributed by atoms with E-state index in [9.17, 15) is 4.39 Å². The summed E-state index contributed by atoms with van der Waals surface area (Å²) < 4.78 is 31.2. The van der Waals surface area contributed by atoms with Gasteiger partial charge in [-0.05, 0) is 61.7 Å². The summed E-state index contributed by atoms with van der Waals surface area (Å²) >= 11 is 0. The summed E-state index contributed by atoms with van der Waals surface area (Å²) in [5.74, 6) is 1.83. The second-order valence-corrected chi connectivity index (χ2v) is 5.89. The molecule has 0 spiro atoms. The Morgan fingerprint density at radius 2 is 1.76 bits per heavy atom. The second kappa shape index (κ2) is 7.74. The molecule has 134 valence electrons. The minimum atomic E-state index is -0.252. The first-order valence-electron chi connectivity index (χ1n) is 8.67. The van der Waals surface area contributed by atoms with Crippen LogP contribution in [0.15, 0.2) is 30.3 Å². The number of methoxy groups -OCH3 is 1. The Balaban J connectivity index is 2.08. The lowest BCUT2D eigenvalue weighted by atomic mass is 9.89. The van der Waals surface area contributed by atoms with E-state index in [-0.39, 0.29) is 11.9 Å². The van der Waals surface area contributed by atoms with E-state index in [2.05, 4.69) is 5.32 Å². The lowest BCUT2D eigenvalue weighted by Crippen LogP contribution is -2.31. The van der Waals surface area contributed by atoms with Crippen molar-refractivity contribution < 1.29 is 18.6 Å². The zero-order chi connectivity index (χ0) is 17.8. The second-order valence-electron chi connectivity index (χ2n) is 5.89. The molecule has 1 aliphatic rings. The van der Waals surface area contributed by atoms with Gasteiger partial charge < -0.3 is 19.5 Å². The molecule has 0 aromatic heterocycles. The van der Waals surface area contributed by atoms with Crippen molar-refractivity contribution >= 4 is 0 Å². The monoisotopic (exact) mass is 345 g/mol. The zero-order valence-corrected chi connectivity index (χ0v) is 14.9. The predicted octanol–water partition coefficient (Wildman–Crippen LogP) is 3.87. The summed E-state index contributed by atoms with van der Waals surface area (Å²) in [4.78, 5) is 0. The highest BCUT2D eigenvalue weighted by Gasteiger charge is 2.26. The number of hydrogen-bond acceptors (Lipinski definition) is 4. The van der Waals surface area contributed by atoms with Gasteiger partial charge in [-0.3, -0.25) is 0 Å². The molecule has 2 aromatic carbocycles. The summed E-state index contributed by atoms with van der Waals surface area (Å²) in [6.45, 7) is 5.78. The van der Waals surface area contributed by atoms with Gasteiger partial charge in [-0.1, -0.05) is 0 Å². The van der Waals surface area contributed by atoms with Gasteiger partial charge in [0.1, 0.15) is 11.6 Å². The Kier molecular flexibility index (Phi) is 5.43. The minimum Gasteiger partial charge on any atom is -0.497 e. The largest absolute Gasteiger partial charge is 0.497 e. The highest BCUT2D eigenvalue weighted by molar-refractivity contribution is 5.52. The lowest BCUT2D eigenvalue weighted by molar-refractivity contribution is 0.286. The fourth-order valence-electron chi connectivity index (χ4n) is 3.25. The maximum Gasteiger partial charge on any atom is 0.161 e. The highest BCUT2D eigenvalue weighted by Crippen LogP contribution is 2.39. The molecular formula is C20H24FNO3. The van der Waals surface area contributed by atoms with Crippen LogP contribution in [0, 0.1) is 5.82 Å². The molecule has 0 aliphatic carbocycles. The molecular weight excluding hydrogens is 321 g/mol. The van der Waals surface area contributed by atoms with Gasteiger partial charge >= 0.3 is 0 Å². The number of benzene rings is 2. The van der Waals surface area contributed by atoms with E-state index in [4.69, 9.17) is 14.2 Å². The van der Waals surface area contributed by atoms with E-state index in [1.54, 1.807) is 19.2 Å². The molecule has 0 radical (unpaired) electrons. The highest BCUT2D eigenvalue weighted by atomic mass is 19.1. The van der Waals surface area contributed by atoms with Crippen LogP contribution in [0.1, 0.15) is 36.6 Å². The average Bonchev–Trinajstić information content (AvgIpc) is 2.63. The molecule has 1 aliphatic heterocycles. The SMILES string of the molecule is CCOc1cc2c(cc1OCC)[C@H](c1cc(OC)ccc1F)NCC2. The van der Waals surface area contributed by atoms with E-state index < -0.39 is 0 Å². The summed E-state index contributed by atoms with van der Waals surface area (Å²) in [5.41, 5.74) is 2.75. The summed E-state index contributed by atoms with van der Waals surface area (Å²) in [5, 5.41) is 3.41. The third kappa shape index (κ3) is 3.56. The van der Waals surface area contributed by atoms with Crippen LogP contribution in [-0.4, -0.2) is 26.9 Å². The van der Waals surface area contributed by atoms with E-state index in [0.29, 0.717) is 30.3 Å². The molecule has 4 nitrogen and oxygen atoms in total. The number of rotatable bonds is 6. The van der Waals surface area contributed by atoms with Gasteiger partial charge in [0.05, 0.1) is 26.4 Å². The third-order valence-corrected chi connectivity index (χ3v) is 4.37. The van der Waals surface area contributed by atoms with Crippen molar-refractivity contribution in [1.29, 1.82) is 0 Å². The standard InChI is InChI=1S/C20H24FNO3/c1-4-24-18-10-13-8-9-22-20(15(13)12-19(18)25-5-2)16-11-14(23-3)6-7-17(16)21/h6-7,10-12,20,22H,4-5,8-9H2,1-3H3/t20-/m1/s1. The van der Waals surface area contributed by atoms with E-state index in [0.717, 1.165) is 29.8 Å². The van der Waals surface area contributed by atoms with Crippen LogP contribution >= 0.6 is 0 Å². The van der Waals surface area contributed by atoms with Crippen LogP contribution in [0.2, 0.25) is 0 Å². The normalized spacial score (nSPS) is 16.2. The molecule has 0 saturated carbocycles. The minimum absolute atomic E-state index is 0.242. The predicted molar refractivity (Wildman–Crippen MR) is 95.3 cm³/mol. The maximum atomic E-state index is 14.5. The van der Waals surface area contributed by atoms with Crippen LogP contribution in [0.25, 0.3) is 0 Å². The molecule has 1 atom stereocenters. The Morgan fingerprint density at radius 1 is 1.04 bits per heavy atom. The van der Waals surface area contributed by atoms with Crippen LogP contribution in [0.4, 0.5) is 4.39 Å². The Labute approximate surface area is 147 Å². The molecule has 25 heavy (non-hydrogen) atoms. The molecule has 1 heterocycles. The molecule has 2 aromatic rings. The van der Waals surface area contributed by atoms with Crippen LogP contribution in [0.3, 0.4) is 0 Å². The van der Waals surface area contributed by atoms with Gasteiger partial charge in [0, 0.05) is 12.1 Å². The lowest BCUT2D eigenvalue weighted by Gasteiger charge is -2.29. The smallest absolute Gasteiger partial charge is 0.161 e. The number of nitrogens with one attached hydrogen (secondary N) is 1. The van der Waals surface area contributed by atoms with E-state index in [1.807, 2.05) is 26.0 Å². The number of ether oxygens (including phenoxy) is 3.